The first-order chi connectivity index (χ1) is 8.10. The fraction of sp³-hybridized carbons (Fsp3) is 0.882. The molecule has 0 rings (SSSR count). The maximum Gasteiger partial charge on any atom is 0.0286 e. The van der Waals surface area contributed by atoms with Crippen molar-refractivity contribution in [2.75, 3.05) is 0 Å². The SMILES string of the molecule is C=C(CC(C)(C)C)NC(C)(C)C.CC.CC.CC. The summed E-state index contributed by atoms with van der Waals surface area (Å²) in [6.07, 6.45) is 1.03. The molecule has 1 nitrogen and oxygen atoms in total. The van der Waals surface area contributed by atoms with E-state index in [2.05, 4.69) is 53.4 Å². The van der Waals surface area contributed by atoms with Crippen molar-refractivity contribution in [1.29, 1.82) is 0 Å². The Morgan fingerprint density at radius 1 is 0.778 bits per heavy atom. The number of nitrogens with one attached hydrogen (secondary N) is 1. The van der Waals surface area contributed by atoms with Crippen LogP contribution in [0.25, 0.3) is 0 Å². The average Bonchev–Trinajstić information content (AvgIpc) is 2.21. The van der Waals surface area contributed by atoms with Crippen LogP contribution >= 0.6 is 0 Å². The summed E-state index contributed by atoms with van der Waals surface area (Å²) in [6, 6.07) is 0. The van der Waals surface area contributed by atoms with E-state index in [9.17, 15) is 0 Å². The molecule has 0 amide bonds. The van der Waals surface area contributed by atoms with Crippen molar-refractivity contribution in [1.82, 2.24) is 5.32 Å². The van der Waals surface area contributed by atoms with Gasteiger partial charge in [0.25, 0.3) is 0 Å². The molecule has 0 aromatic rings. The second-order valence-electron chi connectivity index (χ2n) is 5.72. The van der Waals surface area contributed by atoms with Gasteiger partial charge >= 0.3 is 0 Å². The predicted octanol–water partition coefficient (Wildman–Crippen LogP) is 6.40. The van der Waals surface area contributed by atoms with Crippen molar-refractivity contribution in [3.8, 4) is 0 Å². The van der Waals surface area contributed by atoms with Gasteiger partial charge in [-0.25, -0.2) is 0 Å². The summed E-state index contributed by atoms with van der Waals surface area (Å²) in [7, 11) is 0. The lowest BCUT2D eigenvalue weighted by molar-refractivity contribution is 0.373. The van der Waals surface area contributed by atoms with Gasteiger partial charge in [-0.15, -0.1) is 0 Å². The molecule has 0 saturated carbocycles. The summed E-state index contributed by atoms with van der Waals surface area (Å²) >= 11 is 0. The highest BCUT2D eigenvalue weighted by molar-refractivity contribution is 4.98. The fourth-order valence-corrected chi connectivity index (χ4v) is 1.21. The van der Waals surface area contributed by atoms with Gasteiger partial charge in [-0.05, 0) is 32.6 Å². The van der Waals surface area contributed by atoms with E-state index >= 15 is 0 Å². The van der Waals surface area contributed by atoms with Crippen LogP contribution in [0.5, 0.6) is 0 Å². The third kappa shape index (κ3) is 36.1. The molecule has 0 bridgehead atoms. The number of hydrogen-bond acceptors (Lipinski definition) is 1. The molecule has 1 heteroatoms. The van der Waals surface area contributed by atoms with Crippen LogP contribution in [0.2, 0.25) is 0 Å². The first kappa shape index (κ1) is 26.2. The van der Waals surface area contributed by atoms with Gasteiger partial charge in [-0.3, -0.25) is 0 Å². The highest BCUT2D eigenvalue weighted by atomic mass is 15.0. The van der Waals surface area contributed by atoms with E-state index in [0.717, 1.165) is 12.1 Å². The molecule has 18 heavy (non-hydrogen) atoms. The Balaban J connectivity index is -0.000000141. The van der Waals surface area contributed by atoms with Gasteiger partial charge in [0, 0.05) is 11.2 Å². The Hall–Kier alpha value is -0.460. The van der Waals surface area contributed by atoms with Crippen LogP contribution in [0, 0.1) is 5.41 Å². The maximum atomic E-state index is 4.01. The minimum absolute atomic E-state index is 0.141. The first-order valence-electron chi connectivity index (χ1n) is 7.56. The molecule has 0 radical (unpaired) electrons. The van der Waals surface area contributed by atoms with Gasteiger partial charge in [0.1, 0.15) is 0 Å². The molecular formula is C17H41N. The zero-order chi connectivity index (χ0) is 16.0. The Labute approximate surface area is 118 Å². The van der Waals surface area contributed by atoms with E-state index < -0.39 is 0 Å². The van der Waals surface area contributed by atoms with E-state index in [-0.39, 0.29) is 5.54 Å². The second-order valence-corrected chi connectivity index (χ2v) is 5.72. The van der Waals surface area contributed by atoms with Crippen LogP contribution in [-0.4, -0.2) is 5.54 Å². The molecule has 0 saturated heterocycles. The van der Waals surface area contributed by atoms with E-state index in [1.165, 1.54) is 0 Å². The van der Waals surface area contributed by atoms with Crippen molar-refractivity contribution >= 4 is 0 Å². The zero-order valence-electron chi connectivity index (χ0n) is 15.4. The van der Waals surface area contributed by atoms with Gasteiger partial charge in [0.2, 0.25) is 0 Å². The van der Waals surface area contributed by atoms with E-state index in [4.69, 9.17) is 0 Å². The van der Waals surface area contributed by atoms with Gasteiger partial charge in [0.15, 0.2) is 0 Å². The Kier molecular flexibility index (Phi) is 21.2. The molecule has 1 N–H and O–H groups in total. The van der Waals surface area contributed by atoms with Crippen LogP contribution in [0.1, 0.15) is 89.5 Å². The monoisotopic (exact) mass is 259 g/mol. The third-order valence-corrected chi connectivity index (χ3v) is 1.30. The maximum absolute atomic E-state index is 4.01. The lowest BCUT2D eigenvalue weighted by Crippen LogP contribution is -2.35. The van der Waals surface area contributed by atoms with Crippen LogP contribution in [0.4, 0.5) is 0 Å². The molecule has 0 aliphatic heterocycles. The largest absolute Gasteiger partial charge is 0.384 e. The minimum Gasteiger partial charge on any atom is -0.384 e. The third-order valence-electron chi connectivity index (χ3n) is 1.30. The molecule has 0 aliphatic rings. The molecule has 0 atom stereocenters. The van der Waals surface area contributed by atoms with E-state index in [0.29, 0.717) is 5.41 Å². The Bertz CT molecular complexity index is 137. The topological polar surface area (TPSA) is 12.0 Å². The lowest BCUT2D eigenvalue weighted by atomic mass is 9.90. The molecular weight excluding hydrogens is 218 g/mol. The van der Waals surface area contributed by atoms with Crippen molar-refractivity contribution in [2.24, 2.45) is 5.41 Å². The minimum atomic E-state index is 0.141. The Morgan fingerprint density at radius 3 is 1.22 bits per heavy atom. The van der Waals surface area contributed by atoms with E-state index in [1.807, 2.05) is 41.5 Å². The summed E-state index contributed by atoms with van der Waals surface area (Å²) in [6.45, 7) is 29.1. The normalized spacial score (nSPS) is 9.56. The summed E-state index contributed by atoms with van der Waals surface area (Å²) in [5.41, 5.74) is 1.60. The van der Waals surface area contributed by atoms with Crippen molar-refractivity contribution < 1.29 is 0 Å². The smallest absolute Gasteiger partial charge is 0.0286 e. The van der Waals surface area contributed by atoms with Crippen LogP contribution in [0.15, 0.2) is 12.3 Å². The molecule has 0 unspecified atom stereocenters. The van der Waals surface area contributed by atoms with E-state index in [1.54, 1.807) is 0 Å². The van der Waals surface area contributed by atoms with Gasteiger partial charge in [0.05, 0.1) is 0 Å². The summed E-state index contributed by atoms with van der Waals surface area (Å²) in [5.74, 6) is 0. The highest BCUT2D eigenvalue weighted by Crippen LogP contribution is 2.22. The van der Waals surface area contributed by atoms with Gasteiger partial charge < -0.3 is 5.32 Å². The summed E-state index contributed by atoms with van der Waals surface area (Å²) in [5, 5.41) is 3.38. The van der Waals surface area contributed by atoms with Crippen molar-refractivity contribution in [3.63, 3.8) is 0 Å². The number of hydrogen-bond donors (Lipinski definition) is 1. The highest BCUT2D eigenvalue weighted by Gasteiger charge is 2.15. The quantitative estimate of drug-likeness (QED) is 0.604. The molecule has 0 aliphatic carbocycles. The Morgan fingerprint density at radius 2 is 1.06 bits per heavy atom. The molecule has 0 spiro atoms. The van der Waals surface area contributed by atoms with Gasteiger partial charge in [-0.1, -0.05) is 68.9 Å². The summed E-state index contributed by atoms with van der Waals surface area (Å²) in [4.78, 5) is 0. The molecule has 0 aromatic carbocycles. The number of rotatable bonds is 2. The fourth-order valence-electron chi connectivity index (χ4n) is 1.21. The van der Waals surface area contributed by atoms with Crippen molar-refractivity contribution in [2.45, 2.75) is 95.0 Å². The summed E-state index contributed by atoms with van der Waals surface area (Å²) < 4.78 is 0. The van der Waals surface area contributed by atoms with Crippen LogP contribution in [-0.2, 0) is 0 Å². The predicted molar refractivity (Wildman–Crippen MR) is 90.1 cm³/mol. The average molecular weight is 260 g/mol. The lowest BCUT2D eigenvalue weighted by Gasteiger charge is -2.27. The molecule has 0 fully saturated rings. The molecule has 0 heterocycles. The molecule has 0 aromatic heterocycles. The van der Waals surface area contributed by atoms with Crippen molar-refractivity contribution in [3.05, 3.63) is 12.3 Å². The number of allylic oxidation sites excluding steroid dienone is 1. The second kappa shape index (κ2) is 14.6. The molecule has 114 valence electrons. The standard InChI is InChI=1S/C11H23N.3C2H6/c1-9(8-10(2,3)4)12-11(5,6)7;3*1-2/h12H,1,8H2,2-7H3;3*1-2H3. The van der Waals surface area contributed by atoms with Crippen LogP contribution < -0.4 is 5.32 Å². The first-order valence-corrected chi connectivity index (χ1v) is 7.56. The zero-order valence-corrected chi connectivity index (χ0v) is 15.4. The van der Waals surface area contributed by atoms with Gasteiger partial charge in [-0.2, -0.15) is 0 Å². The van der Waals surface area contributed by atoms with Crippen LogP contribution in [0.3, 0.4) is 0 Å².